The number of fused-ring (bicyclic) bond motifs is 1. The van der Waals surface area contributed by atoms with Crippen molar-refractivity contribution in [3.63, 3.8) is 0 Å². The molecule has 0 aliphatic rings. The highest BCUT2D eigenvalue weighted by atomic mass is 32.2. The minimum Gasteiger partial charge on any atom is -0.291 e. The molecule has 5 nitrogen and oxygen atoms in total. The van der Waals surface area contributed by atoms with Crippen LogP contribution in [0.15, 0.2) is 34.2 Å². The topological polar surface area (TPSA) is 63.0 Å². The molecule has 0 aliphatic heterocycles. The monoisotopic (exact) mass is 328 g/mol. The van der Waals surface area contributed by atoms with Crippen LogP contribution < -0.4 is 5.56 Å². The predicted molar refractivity (Wildman–Crippen MR) is 93.1 cm³/mol. The second-order valence-electron chi connectivity index (χ2n) is 5.68. The zero-order valence-electron chi connectivity index (χ0n) is 13.6. The van der Waals surface area contributed by atoms with Gasteiger partial charge in [0.05, 0.1) is 0 Å². The molecule has 1 aromatic carbocycles. The highest BCUT2D eigenvalue weighted by molar-refractivity contribution is 7.98. The third-order valence-electron chi connectivity index (χ3n) is 3.95. The van der Waals surface area contributed by atoms with Gasteiger partial charge in [-0.2, -0.15) is 0 Å². The van der Waals surface area contributed by atoms with E-state index >= 15 is 0 Å². The van der Waals surface area contributed by atoms with Crippen molar-refractivity contribution in [2.75, 3.05) is 0 Å². The van der Waals surface area contributed by atoms with Gasteiger partial charge in [-0.05, 0) is 37.0 Å². The van der Waals surface area contributed by atoms with Crippen LogP contribution in [0.4, 0.5) is 0 Å². The van der Waals surface area contributed by atoms with Crippen molar-refractivity contribution in [3.8, 4) is 0 Å². The fourth-order valence-corrected chi connectivity index (χ4v) is 3.88. The molecule has 0 fully saturated rings. The first-order chi connectivity index (χ1) is 11.1. The molecule has 2 heterocycles. The smallest absolute Gasteiger partial charge is 0.252 e. The van der Waals surface area contributed by atoms with Crippen molar-refractivity contribution in [1.29, 1.82) is 0 Å². The Hall–Kier alpha value is -2.08. The van der Waals surface area contributed by atoms with Gasteiger partial charge >= 0.3 is 0 Å². The lowest BCUT2D eigenvalue weighted by Gasteiger charge is -2.09. The molecule has 0 aliphatic carbocycles. The number of aromatic nitrogens is 4. The van der Waals surface area contributed by atoms with Gasteiger partial charge in [-0.25, -0.2) is 0 Å². The molecule has 0 spiro atoms. The van der Waals surface area contributed by atoms with Crippen LogP contribution in [0.1, 0.15) is 35.7 Å². The van der Waals surface area contributed by atoms with Crippen LogP contribution in [-0.2, 0) is 12.2 Å². The summed E-state index contributed by atoms with van der Waals surface area (Å²) in [6.45, 7) is 6.36. The Morgan fingerprint density at radius 3 is 2.65 bits per heavy atom. The first kappa shape index (κ1) is 15.8. The number of aryl methyl sites for hydroxylation is 3. The Bertz CT molecular complexity index is 877. The summed E-state index contributed by atoms with van der Waals surface area (Å²) in [7, 11) is 0. The fourth-order valence-electron chi connectivity index (χ4n) is 2.72. The van der Waals surface area contributed by atoms with Crippen molar-refractivity contribution in [2.24, 2.45) is 0 Å². The Kier molecular flexibility index (Phi) is 4.52. The lowest BCUT2D eigenvalue weighted by molar-refractivity contribution is 0.800. The fraction of sp³-hybridized carbons (Fsp3) is 0.353. The van der Waals surface area contributed by atoms with Gasteiger partial charge in [0.2, 0.25) is 5.78 Å². The van der Waals surface area contributed by atoms with E-state index in [1.165, 1.54) is 16.7 Å². The summed E-state index contributed by atoms with van der Waals surface area (Å²) < 4.78 is 1.96. The molecular formula is C17H20N4OS. The molecule has 2 aromatic heterocycles. The first-order valence-corrected chi connectivity index (χ1v) is 8.74. The normalized spacial score (nSPS) is 11.3. The van der Waals surface area contributed by atoms with Crippen molar-refractivity contribution in [3.05, 3.63) is 57.0 Å². The molecular weight excluding hydrogens is 308 g/mol. The zero-order chi connectivity index (χ0) is 16.4. The van der Waals surface area contributed by atoms with E-state index in [1.54, 1.807) is 17.8 Å². The van der Waals surface area contributed by atoms with Crippen molar-refractivity contribution < 1.29 is 0 Å². The molecule has 0 atom stereocenters. The molecule has 1 N–H and O–H groups in total. The summed E-state index contributed by atoms with van der Waals surface area (Å²) in [5, 5.41) is 9.20. The van der Waals surface area contributed by atoms with Crippen LogP contribution in [0.3, 0.4) is 0 Å². The highest BCUT2D eigenvalue weighted by Crippen LogP contribution is 2.25. The van der Waals surface area contributed by atoms with E-state index in [1.807, 2.05) is 4.40 Å². The van der Waals surface area contributed by atoms with E-state index in [0.29, 0.717) is 5.78 Å². The molecule has 23 heavy (non-hydrogen) atoms. The van der Waals surface area contributed by atoms with Crippen molar-refractivity contribution >= 4 is 17.5 Å². The summed E-state index contributed by atoms with van der Waals surface area (Å²) in [6, 6.07) is 7.98. The van der Waals surface area contributed by atoms with E-state index in [0.717, 1.165) is 29.4 Å². The minimum absolute atomic E-state index is 0.125. The standard InChI is InChI=1S/C17H20N4OS/c1-4-6-13-9-15(22)18-16-19-20-17(21(13)16)23-10-14-11(2)7-5-8-12(14)3/h5,7-9H,4,6,10H2,1-3H3,(H,18,19,22). The summed E-state index contributed by atoms with van der Waals surface area (Å²) >= 11 is 1.65. The maximum Gasteiger partial charge on any atom is 0.252 e. The minimum atomic E-state index is -0.125. The molecule has 0 radical (unpaired) electrons. The van der Waals surface area contributed by atoms with E-state index in [9.17, 15) is 4.79 Å². The molecule has 0 unspecified atom stereocenters. The van der Waals surface area contributed by atoms with E-state index < -0.39 is 0 Å². The highest BCUT2D eigenvalue weighted by Gasteiger charge is 2.12. The third kappa shape index (κ3) is 3.17. The van der Waals surface area contributed by atoms with Gasteiger partial charge in [-0.1, -0.05) is 43.3 Å². The summed E-state index contributed by atoms with van der Waals surface area (Å²) in [6.07, 6.45) is 1.80. The molecule has 0 amide bonds. The van der Waals surface area contributed by atoms with Crippen molar-refractivity contribution in [1.82, 2.24) is 19.6 Å². The van der Waals surface area contributed by atoms with Crippen LogP contribution in [0.5, 0.6) is 0 Å². The Morgan fingerprint density at radius 1 is 1.22 bits per heavy atom. The van der Waals surface area contributed by atoms with Crippen LogP contribution in [0.2, 0.25) is 0 Å². The largest absolute Gasteiger partial charge is 0.291 e. The van der Waals surface area contributed by atoms with Crippen LogP contribution >= 0.6 is 11.8 Å². The maximum atomic E-state index is 11.7. The number of nitrogens with one attached hydrogen (secondary N) is 1. The van der Waals surface area contributed by atoms with Gasteiger partial charge in [-0.3, -0.25) is 14.2 Å². The number of H-pyrrole nitrogens is 1. The van der Waals surface area contributed by atoms with Gasteiger partial charge in [0.25, 0.3) is 5.56 Å². The molecule has 3 aromatic rings. The predicted octanol–water partition coefficient (Wildman–Crippen LogP) is 3.28. The van der Waals surface area contributed by atoms with Crippen LogP contribution in [-0.4, -0.2) is 19.6 Å². The van der Waals surface area contributed by atoms with Gasteiger partial charge in [0, 0.05) is 17.5 Å². The SMILES string of the molecule is CCCc1cc(=O)[nH]c2nnc(SCc3c(C)cccc3C)n12. The van der Waals surface area contributed by atoms with E-state index in [-0.39, 0.29) is 5.56 Å². The average molecular weight is 328 g/mol. The number of rotatable bonds is 5. The quantitative estimate of drug-likeness (QED) is 0.730. The number of thioether (sulfide) groups is 1. The third-order valence-corrected chi connectivity index (χ3v) is 4.90. The van der Waals surface area contributed by atoms with E-state index in [2.05, 4.69) is 54.2 Å². The van der Waals surface area contributed by atoms with Gasteiger partial charge in [0.1, 0.15) is 0 Å². The van der Waals surface area contributed by atoms with E-state index in [4.69, 9.17) is 0 Å². The molecule has 120 valence electrons. The zero-order valence-corrected chi connectivity index (χ0v) is 14.4. The molecule has 0 bridgehead atoms. The summed E-state index contributed by atoms with van der Waals surface area (Å²) in [5.41, 5.74) is 4.73. The lowest BCUT2D eigenvalue weighted by atomic mass is 10.1. The van der Waals surface area contributed by atoms with Gasteiger partial charge < -0.3 is 0 Å². The Morgan fingerprint density at radius 2 is 1.96 bits per heavy atom. The summed E-state index contributed by atoms with van der Waals surface area (Å²) in [4.78, 5) is 14.5. The van der Waals surface area contributed by atoms with Crippen LogP contribution in [0, 0.1) is 13.8 Å². The van der Waals surface area contributed by atoms with Crippen LogP contribution in [0.25, 0.3) is 5.78 Å². The maximum absolute atomic E-state index is 11.7. The molecule has 0 saturated carbocycles. The number of aromatic amines is 1. The first-order valence-electron chi connectivity index (χ1n) is 7.75. The number of hydrogen-bond donors (Lipinski definition) is 1. The summed E-state index contributed by atoms with van der Waals surface area (Å²) in [5.74, 6) is 1.36. The Labute approximate surface area is 139 Å². The molecule has 3 rings (SSSR count). The molecule has 0 saturated heterocycles. The Balaban J connectivity index is 1.96. The number of nitrogens with zero attached hydrogens (tertiary/aromatic N) is 3. The number of hydrogen-bond acceptors (Lipinski definition) is 4. The van der Waals surface area contributed by atoms with Crippen molar-refractivity contribution in [2.45, 2.75) is 44.5 Å². The number of benzene rings is 1. The average Bonchev–Trinajstić information content (AvgIpc) is 2.90. The second kappa shape index (κ2) is 6.58. The van der Waals surface area contributed by atoms with Gasteiger partial charge in [0.15, 0.2) is 5.16 Å². The van der Waals surface area contributed by atoms with Gasteiger partial charge in [-0.15, -0.1) is 10.2 Å². The lowest BCUT2D eigenvalue weighted by Crippen LogP contribution is -2.12. The second-order valence-corrected chi connectivity index (χ2v) is 6.62. The molecule has 6 heteroatoms.